The summed E-state index contributed by atoms with van der Waals surface area (Å²) in [6.45, 7) is 3.56. The molecule has 3 rings (SSSR count). The first-order chi connectivity index (χ1) is 10.8. The molecule has 0 saturated heterocycles. The third kappa shape index (κ3) is 2.76. The van der Waals surface area contributed by atoms with Crippen LogP contribution in [0.25, 0.3) is 10.2 Å². The minimum Gasteiger partial charge on any atom is -0.294 e. The van der Waals surface area contributed by atoms with E-state index >= 15 is 0 Å². The predicted octanol–water partition coefficient (Wildman–Crippen LogP) is 4.14. The van der Waals surface area contributed by atoms with E-state index in [1.54, 1.807) is 0 Å². The van der Waals surface area contributed by atoms with Crippen molar-refractivity contribution < 1.29 is 13.2 Å². The molecule has 0 N–H and O–H groups in total. The molecule has 23 heavy (non-hydrogen) atoms. The van der Waals surface area contributed by atoms with Gasteiger partial charge in [-0.1, -0.05) is 18.2 Å². The molecule has 7 heteroatoms. The molecule has 1 aromatic carbocycles. The first kappa shape index (κ1) is 15.7. The second-order valence-corrected chi connectivity index (χ2v) is 6.50. The Morgan fingerprint density at radius 1 is 1.22 bits per heavy atom. The lowest BCUT2D eigenvalue weighted by Crippen LogP contribution is -2.22. The fourth-order valence-corrected chi connectivity index (χ4v) is 3.49. The molecular formula is C16H13F3N2OS. The summed E-state index contributed by atoms with van der Waals surface area (Å²) < 4.78 is 40.4. The van der Waals surface area contributed by atoms with Gasteiger partial charge in [0.15, 0.2) is 0 Å². The highest BCUT2D eigenvalue weighted by molar-refractivity contribution is 7.18. The SMILES string of the molecule is Cc1sc2ncn(Cc3ccccc3C(F)(F)F)c(=O)c2c1C. The number of thiophene rings is 1. The maximum Gasteiger partial charge on any atom is 0.416 e. The number of aryl methyl sites for hydroxylation is 2. The number of nitrogens with zero attached hydrogens (tertiary/aromatic N) is 2. The van der Waals surface area contributed by atoms with Crippen LogP contribution in [0.2, 0.25) is 0 Å². The maximum absolute atomic E-state index is 13.1. The fourth-order valence-electron chi connectivity index (χ4n) is 2.50. The normalized spacial score (nSPS) is 12.0. The van der Waals surface area contributed by atoms with Gasteiger partial charge in [-0.25, -0.2) is 4.98 Å². The second-order valence-electron chi connectivity index (χ2n) is 5.30. The van der Waals surface area contributed by atoms with Crippen LogP contribution in [0.3, 0.4) is 0 Å². The van der Waals surface area contributed by atoms with Crippen molar-refractivity contribution in [3.05, 3.63) is 62.5 Å². The van der Waals surface area contributed by atoms with E-state index in [0.717, 1.165) is 16.5 Å². The van der Waals surface area contributed by atoms with Gasteiger partial charge in [0.25, 0.3) is 5.56 Å². The van der Waals surface area contributed by atoms with Gasteiger partial charge in [0, 0.05) is 4.88 Å². The van der Waals surface area contributed by atoms with Crippen molar-refractivity contribution in [1.82, 2.24) is 9.55 Å². The van der Waals surface area contributed by atoms with Crippen molar-refractivity contribution in [3.63, 3.8) is 0 Å². The van der Waals surface area contributed by atoms with Gasteiger partial charge in [0.1, 0.15) is 4.83 Å². The van der Waals surface area contributed by atoms with Gasteiger partial charge in [-0.15, -0.1) is 11.3 Å². The minimum atomic E-state index is -4.45. The zero-order valence-electron chi connectivity index (χ0n) is 12.4. The summed E-state index contributed by atoms with van der Waals surface area (Å²) in [5.74, 6) is 0. The van der Waals surface area contributed by atoms with Crippen LogP contribution >= 0.6 is 11.3 Å². The van der Waals surface area contributed by atoms with Crippen LogP contribution in [-0.4, -0.2) is 9.55 Å². The Labute approximate surface area is 134 Å². The molecule has 0 aliphatic carbocycles. The zero-order valence-corrected chi connectivity index (χ0v) is 13.3. The second kappa shape index (κ2) is 5.49. The van der Waals surface area contributed by atoms with E-state index in [1.807, 2.05) is 13.8 Å². The summed E-state index contributed by atoms with van der Waals surface area (Å²) in [6.07, 6.45) is -3.14. The summed E-state index contributed by atoms with van der Waals surface area (Å²) in [5, 5.41) is 0.486. The van der Waals surface area contributed by atoms with Crippen molar-refractivity contribution in [2.75, 3.05) is 0 Å². The molecule has 0 amide bonds. The van der Waals surface area contributed by atoms with Gasteiger partial charge >= 0.3 is 6.18 Å². The highest BCUT2D eigenvalue weighted by Crippen LogP contribution is 2.32. The first-order valence-corrected chi connectivity index (χ1v) is 7.71. The summed E-state index contributed by atoms with van der Waals surface area (Å²) >= 11 is 1.41. The van der Waals surface area contributed by atoms with E-state index in [9.17, 15) is 18.0 Å². The standard InChI is InChI=1S/C16H13F3N2OS/c1-9-10(2)23-14-13(9)15(22)21(8-20-14)7-11-5-3-4-6-12(11)16(17,18)19/h3-6,8H,7H2,1-2H3. The van der Waals surface area contributed by atoms with Gasteiger partial charge in [0.05, 0.1) is 23.8 Å². The van der Waals surface area contributed by atoms with Crippen LogP contribution in [0, 0.1) is 13.8 Å². The van der Waals surface area contributed by atoms with Crippen LogP contribution in [-0.2, 0) is 12.7 Å². The maximum atomic E-state index is 13.1. The zero-order chi connectivity index (χ0) is 16.8. The molecule has 0 unspecified atom stereocenters. The molecule has 0 aliphatic rings. The van der Waals surface area contributed by atoms with E-state index in [0.29, 0.717) is 10.2 Å². The number of alkyl halides is 3. The van der Waals surface area contributed by atoms with Gasteiger partial charge in [-0.2, -0.15) is 13.2 Å². The van der Waals surface area contributed by atoms with Crippen molar-refractivity contribution in [1.29, 1.82) is 0 Å². The number of hydrogen-bond donors (Lipinski definition) is 0. The van der Waals surface area contributed by atoms with E-state index in [1.165, 1.54) is 40.4 Å². The molecule has 0 atom stereocenters. The van der Waals surface area contributed by atoms with E-state index < -0.39 is 11.7 Å². The smallest absolute Gasteiger partial charge is 0.294 e. The summed E-state index contributed by atoms with van der Waals surface area (Å²) in [6, 6.07) is 5.27. The molecule has 0 radical (unpaired) electrons. The Hall–Kier alpha value is -2.15. The molecule has 0 aliphatic heterocycles. The highest BCUT2D eigenvalue weighted by Gasteiger charge is 2.33. The molecule has 120 valence electrons. The third-order valence-electron chi connectivity index (χ3n) is 3.82. The number of halogens is 3. The number of hydrogen-bond acceptors (Lipinski definition) is 3. The Bertz CT molecular complexity index is 941. The lowest BCUT2D eigenvalue weighted by Gasteiger charge is -2.13. The van der Waals surface area contributed by atoms with Crippen molar-refractivity contribution >= 4 is 21.6 Å². The average Bonchev–Trinajstić information content (AvgIpc) is 2.77. The molecule has 3 nitrogen and oxygen atoms in total. The molecule has 0 bridgehead atoms. The van der Waals surface area contributed by atoms with E-state index in [2.05, 4.69) is 4.98 Å². The largest absolute Gasteiger partial charge is 0.416 e. The van der Waals surface area contributed by atoms with Crippen LogP contribution in [0.5, 0.6) is 0 Å². The van der Waals surface area contributed by atoms with Gasteiger partial charge in [0.2, 0.25) is 0 Å². The van der Waals surface area contributed by atoms with Gasteiger partial charge in [-0.05, 0) is 31.0 Å². The van der Waals surface area contributed by atoms with E-state index in [4.69, 9.17) is 0 Å². The molecule has 0 fully saturated rings. The molecular weight excluding hydrogens is 325 g/mol. The Balaban J connectivity index is 2.12. The molecule has 2 heterocycles. The molecule has 0 saturated carbocycles. The highest BCUT2D eigenvalue weighted by atomic mass is 32.1. The number of fused-ring (bicyclic) bond motifs is 1. The number of rotatable bonds is 2. The monoisotopic (exact) mass is 338 g/mol. The Kier molecular flexibility index (Phi) is 3.75. The Morgan fingerprint density at radius 3 is 2.61 bits per heavy atom. The van der Waals surface area contributed by atoms with Crippen LogP contribution in [0.4, 0.5) is 13.2 Å². The van der Waals surface area contributed by atoms with Crippen LogP contribution in [0.15, 0.2) is 35.4 Å². The van der Waals surface area contributed by atoms with Crippen molar-refractivity contribution in [3.8, 4) is 0 Å². The van der Waals surface area contributed by atoms with Gasteiger partial charge in [-0.3, -0.25) is 9.36 Å². The molecule has 2 aromatic heterocycles. The molecule has 0 spiro atoms. The topological polar surface area (TPSA) is 34.9 Å². The van der Waals surface area contributed by atoms with Crippen molar-refractivity contribution in [2.45, 2.75) is 26.6 Å². The third-order valence-corrected chi connectivity index (χ3v) is 4.93. The van der Waals surface area contributed by atoms with E-state index in [-0.39, 0.29) is 17.7 Å². The summed E-state index contributed by atoms with van der Waals surface area (Å²) in [5.41, 5.74) is -0.159. The summed E-state index contributed by atoms with van der Waals surface area (Å²) in [7, 11) is 0. The number of aromatic nitrogens is 2. The van der Waals surface area contributed by atoms with Gasteiger partial charge < -0.3 is 0 Å². The summed E-state index contributed by atoms with van der Waals surface area (Å²) in [4.78, 5) is 18.4. The molecule has 3 aromatic rings. The van der Waals surface area contributed by atoms with Crippen LogP contribution in [0.1, 0.15) is 21.6 Å². The van der Waals surface area contributed by atoms with Crippen molar-refractivity contribution in [2.24, 2.45) is 0 Å². The minimum absolute atomic E-state index is 0.0489. The fraction of sp³-hybridized carbons (Fsp3) is 0.250. The average molecular weight is 338 g/mol. The lowest BCUT2D eigenvalue weighted by atomic mass is 10.1. The Morgan fingerprint density at radius 2 is 1.91 bits per heavy atom. The number of benzene rings is 1. The predicted molar refractivity (Wildman–Crippen MR) is 83.9 cm³/mol. The first-order valence-electron chi connectivity index (χ1n) is 6.89. The lowest BCUT2D eigenvalue weighted by molar-refractivity contribution is -0.138. The quantitative estimate of drug-likeness (QED) is 0.704. The van der Waals surface area contributed by atoms with Crippen LogP contribution < -0.4 is 5.56 Å².